The maximum absolute atomic E-state index is 9.64. The molecular formula is C18H25N. The van der Waals surface area contributed by atoms with Gasteiger partial charge in [-0.2, -0.15) is 5.26 Å². The molecular weight excluding hydrogens is 230 g/mol. The van der Waals surface area contributed by atoms with Crippen LogP contribution in [0.4, 0.5) is 0 Å². The molecule has 0 spiro atoms. The van der Waals surface area contributed by atoms with Crippen molar-refractivity contribution in [1.82, 2.24) is 0 Å². The Kier molecular flexibility index (Phi) is 3.72. The molecule has 102 valence electrons. The average Bonchev–Trinajstić information content (AvgIpc) is 2.40. The number of hydrogen-bond acceptors (Lipinski definition) is 1. The molecule has 0 heterocycles. The van der Waals surface area contributed by atoms with Crippen molar-refractivity contribution in [3.8, 4) is 6.07 Å². The lowest BCUT2D eigenvalue weighted by Gasteiger charge is -2.53. The predicted octanol–water partition coefficient (Wildman–Crippen LogP) is 5.17. The van der Waals surface area contributed by atoms with Crippen LogP contribution in [0, 0.1) is 16.7 Å². The van der Waals surface area contributed by atoms with Gasteiger partial charge in [0, 0.05) is 0 Å². The van der Waals surface area contributed by atoms with E-state index in [0.717, 1.165) is 12.8 Å². The van der Waals surface area contributed by atoms with Gasteiger partial charge < -0.3 is 0 Å². The van der Waals surface area contributed by atoms with E-state index in [0.29, 0.717) is 11.3 Å². The van der Waals surface area contributed by atoms with Crippen LogP contribution in [0.25, 0.3) is 0 Å². The molecule has 0 amide bonds. The molecule has 1 saturated carbocycles. The Morgan fingerprint density at radius 3 is 2.00 bits per heavy atom. The van der Waals surface area contributed by atoms with Gasteiger partial charge in [0.15, 0.2) is 0 Å². The van der Waals surface area contributed by atoms with Crippen LogP contribution in [-0.4, -0.2) is 0 Å². The van der Waals surface area contributed by atoms with Gasteiger partial charge in [-0.3, -0.25) is 0 Å². The van der Waals surface area contributed by atoms with Gasteiger partial charge in [-0.1, -0.05) is 64.8 Å². The minimum atomic E-state index is -0.221. The number of nitrogens with zero attached hydrogens (tertiary/aromatic N) is 1. The van der Waals surface area contributed by atoms with Gasteiger partial charge in [-0.25, -0.2) is 0 Å². The van der Waals surface area contributed by atoms with Crippen LogP contribution >= 0.6 is 0 Å². The molecule has 0 saturated heterocycles. The van der Waals surface area contributed by atoms with E-state index < -0.39 is 0 Å². The fraction of sp³-hybridized carbons (Fsp3) is 0.611. The van der Waals surface area contributed by atoms with Crippen LogP contribution in [0.5, 0.6) is 0 Å². The van der Waals surface area contributed by atoms with Crippen molar-refractivity contribution < 1.29 is 0 Å². The van der Waals surface area contributed by atoms with Crippen molar-refractivity contribution >= 4 is 0 Å². The Morgan fingerprint density at radius 1 is 1.11 bits per heavy atom. The van der Waals surface area contributed by atoms with Gasteiger partial charge in [0.25, 0.3) is 0 Å². The first-order valence-electron chi connectivity index (χ1n) is 7.52. The zero-order chi connectivity index (χ0) is 14.1. The van der Waals surface area contributed by atoms with E-state index >= 15 is 0 Å². The van der Waals surface area contributed by atoms with Gasteiger partial charge >= 0.3 is 0 Å². The van der Waals surface area contributed by atoms with Gasteiger partial charge in [0.05, 0.1) is 11.5 Å². The normalized spacial score (nSPS) is 19.8. The zero-order valence-corrected chi connectivity index (χ0v) is 12.7. The van der Waals surface area contributed by atoms with Crippen molar-refractivity contribution in [2.45, 2.75) is 64.7 Å². The van der Waals surface area contributed by atoms with Crippen molar-refractivity contribution in [3.05, 3.63) is 35.4 Å². The first kappa shape index (κ1) is 14.1. The van der Waals surface area contributed by atoms with Gasteiger partial charge in [-0.15, -0.1) is 0 Å². The number of nitriles is 1. The third-order valence-electron chi connectivity index (χ3n) is 5.20. The van der Waals surface area contributed by atoms with Crippen molar-refractivity contribution in [1.29, 1.82) is 5.26 Å². The summed E-state index contributed by atoms with van der Waals surface area (Å²) >= 11 is 0. The monoisotopic (exact) mass is 255 g/mol. The van der Waals surface area contributed by atoms with E-state index in [-0.39, 0.29) is 5.41 Å². The Balaban J connectivity index is 2.23. The molecule has 1 aromatic rings. The second-order valence-corrected chi connectivity index (χ2v) is 6.53. The molecule has 0 aliphatic heterocycles. The molecule has 2 rings (SSSR count). The highest BCUT2D eigenvalue weighted by molar-refractivity contribution is 5.39. The van der Waals surface area contributed by atoms with E-state index in [1.165, 1.54) is 24.0 Å². The van der Waals surface area contributed by atoms with Crippen LogP contribution in [0.1, 0.15) is 70.4 Å². The fourth-order valence-electron chi connectivity index (χ4n) is 3.51. The van der Waals surface area contributed by atoms with Crippen LogP contribution < -0.4 is 0 Å². The molecule has 0 atom stereocenters. The van der Waals surface area contributed by atoms with Gasteiger partial charge in [0.2, 0.25) is 0 Å². The van der Waals surface area contributed by atoms with E-state index in [1.807, 2.05) is 0 Å². The average molecular weight is 255 g/mol. The van der Waals surface area contributed by atoms with E-state index in [2.05, 4.69) is 58.0 Å². The summed E-state index contributed by atoms with van der Waals surface area (Å²) in [5.74, 6) is 0.554. The largest absolute Gasteiger partial charge is 0.197 e. The smallest absolute Gasteiger partial charge is 0.0833 e. The summed E-state index contributed by atoms with van der Waals surface area (Å²) in [5.41, 5.74) is 2.76. The summed E-state index contributed by atoms with van der Waals surface area (Å²) < 4.78 is 0. The van der Waals surface area contributed by atoms with Gasteiger partial charge in [0.1, 0.15) is 0 Å². The highest BCUT2D eigenvalue weighted by atomic mass is 14.6. The first-order valence-corrected chi connectivity index (χ1v) is 7.52. The first-order chi connectivity index (χ1) is 9.01. The Labute approximate surface area is 117 Å². The fourth-order valence-corrected chi connectivity index (χ4v) is 3.51. The van der Waals surface area contributed by atoms with Crippen molar-refractivity contribution in [2.75, 3.05) is 0 Å². The van der Waals surface area contributed by atoms with Crippen molar-refractivity contribution in [2.24, 2.45) is 5.41 Å². The molecule has 1 aromatic carbocycles. The minimum absolute atomic E-state index is 0.221. The molecule has 1 aliphatic rings. The van der Waals surface area contributed by atoms with E-state index in [9.17, 15) is 5.26 Å². The number of benzene rings is 1. The third-order valence-corrected chi connectivity index (χ3v) is 5.20. The number of hydrogen-bond donors (Lipinski definition) is 0. The van der Waals surface area contributed by atoms with Gasteiger partial charge in [-0.05, 0) is 35.3 Å². The molecule has 1 aliphatic carbocycles. The molecule has 0 radical (unpaired) electrons. The standard InChI is InChI=1S/C18H25N/c1-5-17(6-2)11-18(12-17,13-19)16-9-7-15(8-10-16)14(3)4/h7-10,14H,5-6,11-12H2,1-4H3. The van der Waals surface area contributed by atoms with Crippen LogP contribution in [0.15, 0.2) is 24.3 Å². The Bertz CT molecular complexity index is 463. The molecule has 0 N–H and O–H groups in total. The molecule has 1 nitrogen and oxygen atoms in total. The minimum Gasteiger partial charge on any atom is -0.197 e. The topological polar surface area (TPSA) is 23.8 Å². The zero-order valence-electron chi connectivity index (χ0n) is 12.7. The highest BCUT2D eigenvalue weighted by Gasteiger charge is 2.53. The number of rotatable bonds is 4. The second-order valence-electron chi connectivity index (χ2n) is 6.53. The lowest BCUT2D eigenvalue weighted by Crippen LogP contribution is -2.48. The summed E-state index contributed by atoms with van der Waals surface area (Å²) in [6.45, 7) is 8.93. The summed E-state index contributed by atoms with van der Waals surface area (Å²) in [5, 5.41) is 9.64. The molecule has 1 heteroatoms. The summed E-state index contributed by atoms with van der Waals surface area (Å²) in [7, 11) is 0. The quantitative estimate of drug-likeness (QED) is 0.728. The summed E-state index contributed by atoms with van der Waals surface area (Å²) in [6.07, 6.45) is 4.45. The SMILES string of the molecule is CCC1(CC)CC(C#N)(c2ccc(C(C)C)cc2)C1. The molecule has 0 bridgehead atoms. The Morgan fingerprint density at radius 2 is 1.63 bits per heavy atom. The summed E-state index contributed by atoms with van der Waals surface area (Å²) in [6, 6.07) is 11.3. The lowest BCUT2D eigenvalue weighted by molar-refractivity contribution is 0.0479. The molecule has 1 fully saturated rings. The van der Waals surface area contributed by atoms with Crippen LogP contribution in [0.2, 0.25) is 0 Å². The van der Waals surface area contributed by atoms with Crippen LogP contribution in [-0.2, 0) is 5.41 Å². The van der Waals surface area contributed by atoms with Crippen molar-refractivity contribution in [3.63, 3.8) is 0 Å². The molecule has 0 unspecified atom stereocenters. The lowest BCUT2D eigenvalue weighted by atomic mass is 9.49. The maximum Gasteiger partial charge on any atom is 0.0833 e. The maximum atomic E-state index is 9.64. The summed E-state index contributed by atoms with van der Waals surface area (Å²) in [4.78, 5) is 0. The third kappa shape index (κ3) is 2.29. The highest BCUT2D eigenvalue weighted by Crippen LogP contribution is 2.58. The van der Waals surface area contributed by atoms with E-state index in [1.54, 1.807) is 0 Å². The second kappa shape index (κ2) is 5.00. The molecule has 0 aromatic heterocycles. The Hall–Kier alpha value is -1.29. The molecule has 19 heavy (non-hydrogen) atoms. The van der Waals surface area contributed by atoms with E-state index in [4.69, 9.17) is 0 Å². The van der Waals surface area contributed by atoms with Crippen LogP contribution in [0.3, 0.4) is 0 Å². The predicted molar refractivity (Wildman–Crippen MR) is 80.1 cm³/mol.